The number of nitrogens with zero attached hydrogens (tertiary/aromatic N) is 4. The van der Waals surface area contributed by atoms with Gasteiger partial charge in [-0.15, -0.1) is 5.10 Å². The number of tetrazole rings is 1. The normalized spacial score (nSPS) is 10.3. The zero-order valence-corrected chi connectivity index (χ0v) is 5.85. The van der Waals surface area contributed by atoms with Crippen molar-refractivity contribution in [3.63, 3.8) is 0 Å². The summed E-state index contributed by atoms with van der Waals surface area (Å²) in [5.74, 6) is 0.273. The Morgan fingerprint density at radius 1 is 1.60 bits per heavy atom. The van der Waals surface area contributed by atoms with Gasteiger partial charge in [0.05, 0.1) is 6.04 Å². The monoisotopic (exact) mass is 140 g/mol. The summed E-state index contributed by atoms with van der Waals surface area (Å²) in [4.78, 5) is 10.2. The zero-order chi connectivity index (χ0) is 7.56. The maximum atomic E-state index is 10.2. The van der Waals surface area contributed by atoms with E-state index in [-0.39, 0.29) is 11.9 Å². The number of carbonyl (C=O) groups excluding carboxylic acids is 1. The van der Waals surface area contributed by atoms with Crippen LogP contribution in [0, 0.1) is 0 Å². The molecular weight excluding hydrogens is 132 g/mol. The van der Waals surface area contributed by atoms with Gasteiger partial charge in [0.15, 0.2) is 6.29 Å². The molecule has 54 valence electrons. The van der Waals surface area contributed by atoms with Crippen molar-refractivity contribution in [1.29, 1.82) is 0 Å². The molecule has 1 aromatic rings. The van der Waals surface area contributed by atoms with Crippen molar-refractivity contribution in [1.82, 2.24) is 20.2 Å². The molecule has 0 aliphatic carbocycles. The fourth-order valence-electron chi connectivity index (χ4n) is 0.646. The van der Waals surface area contributed by atoms with Crippen LogP contribution >= 0.6 is 0 Å². The first-order valence-electron chi connectivity index (χ1n) is 2.98. The van der Waals surface area contributed by atoms with Gasteiger partial charge in [-0.25, -0.2) is 4.68 Å². The predicted molar refractivity (Wildman–Crippen MR) is 33.6 cm³/mol. The van der Waals surface area contributed by atoms with Gasteiger partial charge in [0.1, 0.15) is 0 Å². The van der Waals surface area contributed by atoms with E-state index in [9.17, 15) is 4.79 Å². The topological polar surface area (TPSA) is 60.7 Å². The Hall–Kier alpha value is -1.26. The van der Waals surface area contributed by atoms with Crippen molar-refractivity contribution < 1.29 is 4.79 Å². The van der Waals surface area contributed by atoms with Crippen LogP contribution in [0.4, 0.5) is 0 Å². The highest BCUT2D eigenvalue weighted by Crippen LogP contribution is 2.00. The summed E-state index contributed by atoms with van der Waals surface area (Å²) in [5.41, 5.74) is 0. The quantitative estimate of drug-likeness (QED) is 0.545. The molecule has 0 saturated heterocycles. The van der Waals surface area contributed by atoms with Crippen LogP contribution in [0.5, 0.6) is 0 Å². The molecule has 0 amide bonds. The van der Waals surface area contributed by atoms with E-state index in [4.69, 9.17) is 0 Å². The fourth-order valence-corrected chi connectivity index (χ4v) is 0.646. The number of carbonyl (C=O) groups is 1. The van der Waals surface area contributed by atoms with Crippen LogP contribution in [0.25, 0.3) is 0 Å². The van der Waals surface area contributed by atoms with E-state index >= 15 is 0 Å². The molecule has 0 aromatic carbocycles. The van der Waals surface area contributed by atoms with Crippen molar-refractivity contribution >= 4 is 6.29 Å². The third kappa shape index (κ3) is 1.02. The number of aldehydes is 1. The largest absolute Gasteiger partial charge is 0.294 e. The highest BCUT2D eigenvalue weighted by atomic mass is 16.1. The van der Waals surface area contributed by atoms with Gasteiger partial charge in [0, 0.05) is 0 Å². The second-order valence-electron chi connectivity index (χ2n) is 2.19. The lowest BCUT2D eigenvalue weighted by Gasteiger charge is -2.01. The molecule has 1 rings (SSSR count). The molecule has 0 unspecified atom stereocenters. The van der Waals surface area contributed by atoms with Crippen LogP contribution in [-0.4, -0.2) is 26.5 Å². The highest BCUT2D eigenvalue weighted by molar-refractivity contribution is 5.68. The molecule has 0 fully saturated rings. The molecular formula is C5H8N4O. The zero-order valence-electron chi connectivity index (χ0n) is 5.85. The number of aromatic nitrogens is 4. The van der Waals surface area contributed by atoms with E-state index in [1.54, 1.807) is 0 Å². The molecule has 1 aromatic heterocycles. The number of rotatable bonds is 2. The third-order valence-electron chi connectivity index (χ3n) is 1.11. The Kier molecular flexibility index (Phi) is 1.75. The van der Waals surface area contributed by atoms with Crippen LogP contribution in [0.1, 0.15) is 30.5 Å². The molecule has 5 nitrogen and oxygen atoms in total. The summed E-state index contributed by atoms with van der Waals surface area (Å²) < 4.78 is 1.47. The van der Waals surface area contributed by atoms with Gasteiger partial charge in [-0.3, -0.25) is 4.79 Å². The Bertz CT molecular complexity index is 229. The maximum absolute atomic E-state index is 10.2. The summed E-state index contributed by atoms with van der Waals surface area (Å²) in [6.07, 6.45) is 0.639. The molecule has 0 radical (unpaired) electrons. The third-order valence-corrected chi connectivity index (χ3v) is 1.11. The SMILES string of the molecule is CC(C)n1nnnc1C=O. The Morgan fingerprint density at radius 3 is 2.70 bits per heavy atom. The van der Waals surface area contributed by atoms with Crippen LogP contribution in [-0.2, 0) is 0 Å². The van der Waals surface area contributed by atoms with Crippen molar-refractivity contribution in [3.05, 3.63) is 5.82 Å². The van der Waals surface area contributed by atoms with E-state index in [1.165, 1.54) is 4.68 Å². The van der Waals surface area contributed by atoms with E-state index < -0.39 is 0 Å². The molecule has 0 atom stereocenters. The Balaban J connectivity index is 3.01. The minimum Gasteiger partial charge on any atom is -0.294 e. The molecule has 5 heteroatoms. The number of hydrogen-bond donors (Lipinski definition) is 0. The molecule has 1 heterocycles. The second-order valence-corrected chi connectivity index (χ2v) is 2.19. The molecule has 0 saturated carbocycles. The van der Waals surface area contributed by atoms with Gasteiger partial charge >= 0.3 is 0 Å². The van der Waals surface area contributed by atoms with Gasteiger partial charge in [0.25, 0.3) is 0 Å². The standard InChI is InChI=1S/C5H8N4O/c1-4(2)9-5(3-10)6-7-8-9/h3-4H,1-2H3. The smallest absolute Gasteiger partial charge is 0.215 e. The van der Waals surface area contributed by atoms with Gasteiger partial charge in [-0.2, -0.15) is 0 Å². The molecule has 0 spiro atoms. The van der Waals surface area contributed by atoms with E-state index in [0.717, 1.165) is 0 Å². The summed E-state index contributed by atoms with van der Waals surface area (Å²) in [7, 11) is 0. The van der Waals surface area contributed by atoms with Crippen molar-refractivity contribution in [2.75, 3.05) is 0 Å². The van der Waals surface area contributed by atoms with Gasteiger partial charge < -0.3 is 0 Å². The van der Waals surface area contributed by atoms with E-state index in [0.29, 0.717) is 6.29 Å². The van der Waals surface area contributed by atoms with Crippen molar-refractivity contribution in [3.8, 4) is 0 Å². The van der Waals surface area contributed by atoms with Gasteiger partial charge in [-0.1, -0.05) is 0 Å². The summed E-state index contributed by atoms with van der Waals surface area (Å²) >= 11 is 0. The second kappa shape index (κ2) is 2.55. The lowest BCUT2D eigenvalue weighted by atomic mass is 10.4. The molecule has 0 bridgehead atoms. The molecule has 0 aliphatic rings. The highest BCUT2D eigenvalue weighted by Gasteiger charge is 2.05. The molecule has 0 N–H and O–H groups in total. The average molecular weight is 140 g/mol. The molecule has 10 heavy (non-hydrogen) atoms. The van der Waals surface area contributed by atoms with Crippen molar-refractivity contribution in [2.24, 2.45) is 0 Å². The van der Waals surface area contributed by atoms with Crippen LogP contribution in [0.15, 0.2) is 0 Å². The number of hydrogen-bond acceptors (Lipinski definition) is 4. The Morgan fingerprint density at radius 2 is 2.30 bits per heavy atom. The maximum Gasteiger partial charge on any atom is 0.215 e. The summed E-state index contributed by atoms with van der Waals surface area (Å²) in [6, 6.07) is 0.134. The Labute approximate surface area is 58.0 Å². The summed E-state index contributed by atoms with van der Waals surface area (Å²) in [6.45, 7) is 3.81. The molecule has 0 aliphatic heterocycles. The van der Waals surface area contributed by atoms with Crippen molar-refractivity contribution in [2.45, 2.75) is 19.9 Å². The first-order valence-corrected chi connectivity index (χ1v) is 2.98. The van der Waals surface area contributed by atoms with E-state index in [1.807, 2.05) is 13.8 Å². The lowest BCUT2D eigenvalue weighted by molar-refractivity contribution is 0.110. The van der Waals surface area contributed by atoms with Crippen LogP contribution in [0.3, 0.4) is 0 Å². The van der Waals surface area contributed by atoms with E-state index in [2.05, 4.69) is 15.5 Å². The first kappa shape index (κ1) is 6.85. The fraction of sp³-hybridized carbons (Fsp3) is 0.600. The summed E-state index contributed by atoms with van der Waals surface area (Å²) in [5, 5.41) is 10.4. The first-order chi connectivity index (χ1) is 4.75. The van der Waals surface area contributed by atoms with Crippen LogP contribution in [0.2, 0.25) is 0 Å². The minimum atomic E-state index is 0.134. The minimum absolute atomic E-state index is 0.134. The lowest BCUT2D eigenvalue weighted by Crippen LogP contribution is -2.07. The average Bonchev–Trinajstić information content (AvgIpc) is 2.33. The van der Waals surface area contributed by atoms with Gasteiger partial charge in [0.2, 0.25) is 5.82 Å². The van der Waals surface area contributed by atoms with Crippen LogP contribution < -0.4 is 0 Å². The predicted octanol–water partition coefficient (Wildman–Crippen LogP) is 0.0665. The van der Waals surface area contributed by atoms with Gasteiger partial charge in [-0.05, 0) is 24.3 Å².